The van der Waals surface area contributed by atoms with Gasteiger partial charge < -0.3 is 19.7 Å². The minimum Gasteiger partial charge on any atom is -0.486 e. The molecule has 0 bridgehead atoms. The molecule has 0 fully saturated rings. The highest BCUT2D eigenvalue weighted by molar-refractivity contribution is 7.18. The first-order valence-electron chi connectivity index (χ1n) is 8.98. The SMILES string of the molecule is CCN(CC1COc2ccccc2O1)C(=O)NCc1nc2ccccc2s1. The van der Waals surface area contributed by atoms with E-state index in [2.05, 4.69) is 10.3 Å². The number of urea groups is 1. The van der Waals surface area contributed by atoms with Crippen LogP contribution in [0.5, 0.6) is 11.5 Å². The maximum atomic E-state index is 12.6. The number of hydrogen-bond acceptors (Lipinski definition) is 5. The highest BCUT2D eigenvalue weighted by atomic mass is 32.1. The van der Waals surface area contributed by atoms with Crippen LogP contribution in [0.4, 0.5) is 4.79 Å². The molecule has 1 atom stereocenters. The third-order valence-corrected chi connectivity index (χ3v) is 5.43. The second-order valence-electron chi connectivity index (χ2n) is 6.27. The number of hydrogen-bond donors (Lipinski definition) is 1. The fourth-order valence-electron chi connectivity index (χ4n) is 3.01. The van der Waals surface area contributed by atoms with Crippen molar-refractivity contribution in [1.29, 1.82) is 0 Å². The molecule has 1 aliphatic heterocycles. The van der Waals surface area contributed by atoms with Crippen LogP contribution in [0.2, 0.25) is 0 Å². The van der Waals surface area contributed by atoms with Gasteiger partial charge in [0.25, 0.3) is 0 Å². The number of ether oxygens (including phenoxy) is 2. The molecule has 0 radical (unpaired) electrons. The summed E-state index contributed by atoms with van der Waals surface area (Å²) in [5.41, 5.74) is 0.963. The number of thiazole rings is 1. The summed E-state index contributed by atoms with van der Waals surface area (Å²) >= 11 is 1.60. The molecule has 2 heterocycles. The largest absolute Gasteiger partial charge is 0.486 e. The lowest BCUT2D eigenvalue weighted by molar-refractivity contribution is 0.0675. The third-order valence-electron chi connectivity index (χ3n) is 4.39. The number of nitrogens with one attached hydrogen (secondary N) is 1. The predicted octanol–water partition coefficient (Wildman–Crippen LogP) is 3.67. The van der Waals surface area contributed by atoms with E-state index in [9.17, 15) is 4.79 Å². The standard InChI is InChI=1S/C20H21N3O3S/c1-2-23(12-14-13-25-16-8-4-5-9-17(16)26-14)20(24)21-11-19-22-15-7-3-6-10-18(15)27-19/h3-10,14H,2,11-13H2,1H3,(H,21,24). The van der Waals surface area contributed by atoms with Crippen LogP contribution in [0.25, 0.3) is 10.2 Å². The molecule has 1 aromatic heterocycles. The van der Waals surface area contributed by atoms with Crippen LogP contribution in [0, 0.1) is 0 Å². The summed E-state index contributed by atoms with van der Waals surface area (Å²) in [5, 5.41) is 3.85. The Balaban J connectivity index is 1.34. The number of carbonyl (C=O) groups excluding carboxylic acids is 1. The van der Waals surface area contributed by atoms with Crippen LogP contribution in [0.3, 0.4) is 0 Å². The van der Waals surface area contributed by atoms with E-state index in [0.717, 1.165) is 26.7 Å². The van der Waals surface area contributed by atoms with Gasteiger partial charge in [-0.15, -0.1) is 11.3 Å². The number of benzene rings is 2. The molecule has 1 N–H and O–H groups in total. The molecule has 3 aromatic rings. The van der Waals surface area contributed by atoms with Gasteiger partial charge in [-0.1, -0.05) is 24.3 Å². The van der Waals surface area contributed by atoms with Crippen LogP contribution in [0.1, 0.15) is 11.9 Å². The monoisotopic (exact) mass is 383 g/mol. The van der Waals surface area contributed by atoms with Crippen molar-refractivity contribution in [1.82, 2.24) is 15.2 Å². The summed E-state index contributed by atoms with van der Waals surface area (Å²) in [6.07, 6.45) is -0.187. The number of para-hydroxylation sites is 3. The Morgan fingerprint density at radius 2 is 2.00 bits per heavy atom. The molecule has 1 unspecified atom stereocenters. The number of nitrogens with zero attached hydrogens (tertiary/aromatic N) is 2. The molecule has 6 nitrogen and oxygen atoms in total. The summed E-state index contributed by atoms with van der Waals surface area (Å²) in [6.45, 7) is 3.86. The van der Waals surface area contributed by atoms with Crippen LogP contribution >= 0.6 is 11.3 Å². The Kier molecular flexibility index (Phi) is 5.11. The van der Waals surface area contributed by atoms with Gasteiger partial charge in [0.1, 0.15) is 11.6 Å². The number of carbonyl (C=O) groups is 1. The topological polar surface area (TPSA) is 63.7 Å². The quantitative estimate of drug-likeness (QED) is 0.730. The van der Waals surface area contributed by atoms with Crippen molar-refractivity contribution in [2.24, 2.45) is 0 Å². The molecule has 4 rings (SSSR count). The van der Waals surface area contributed by atoms with Crippen molar-refractivity contribution >= 4 is 27.6 Å². The number of likely N-dealkylation sites (N-methyl/N-ethyl adjacent to an activating group) is 1. The summed E-state index contributed by atoms with van der Waals surface area (Å²) in [7, 11) is 0. The molecule has 2 aromatic carbocycles. The minimum atomic E-state index is -0.187. The first-order chi connectivity index (χ1) is 13.2. The summed E-state index contributed by atoms with van der Waals surface area (Å²) in [4.78, 5) is 18.9. The molecule has 7 heteroatoms. The molecule has 0 saturated carbocycles. The van der Waals surface area contributed by atoms with Crippen LogP contribution in [-0.4, -0.2) is 41.7 Å². The maximum absolute atomic E-state index is 12.6. The minimum absolute atomic E-state index is 0.126. The third kappa shape index (κ3) is 3.98. The van der Waals surface area contributed by atoms with E-state index in [1.165, 1.54) is 0 Å². The fraction of sp³-hybridized carbons (Fsp3) is 0.300. The number of fused-ring (bicyclic) bond motifs is 2. The molecule has 0 saturated heterocycles. The maximum Gasteiger partial charge on any atom is 0.317 e. The van der Waals surface area contributed by atoms with Gasteiger partial charge in [0.2, 0.25) is 0 Å². The molecule has 0 spiro atoms. The molecular formula is C20H21N3O3S. The second-order valence-corrected chi connectivity index (χ2v) is 7.39. The Labute approximate surface area is 161 Å². The zero-order valence-electron chi connectivity index (χ0n) is 15.1. The van der Waals surface area contributed by atoms with Crippen LogP contribution < -0.4 is 14.8 Å². The summed E-state index contributed by atoms with van der Waals surface area (Å²) < 4.78 is 12.8. The Morgan fingerprint density at radius 1 is 1.22 bits per heavy atom. The van der Waals surface area contributed by atoms with E-state index >= 15 is 0 Å². The number of rotatable bonds is 5. The van der Waals surface area contributed by atoms with Crippen molar-refractivity contribution in [3.63, 3.8) is 0 Å². The van der Waals surface area contributed by atoms with Gasteiger partial charge in [-0.2, -0.15) is 0 Å². The fourth-order valence-corrected chi connectivity index (χ4v) is 3.92. The van der Waals surface area contributed by atoms with E-state index in [1.54, 1.807) is 16.2 Å². The van der Waals surface area contributed by atoms with Gasteiger partial charge in [-0.3, -0.25) is 0 Å². The molecule has 1 aliphatic rings. The lowest BCUT2D eigenvalue weighted by Crippen LogP contribution is -2.47. The molecule has 27 heavy (non-hydrogen) atoms. The highest BCUT2D eigenvalue weighted by Gasteiger charge is 2.24. The average molecular weight is 383 g/mol. The highest BCUT2D eigenvalue weighted by Crippen LogP contribution is 2.31. The Bertz CT molecular complexity index is 910. The van der Waals surface area contributed by atoms with Crippen molar-refractivity contribution in [2.45, 2.75) is 19.6 Å². The van der Waals surface area contributed by atoms with Crippen LogP contribution in [-0.2, 0) is 6.54 Å². The molecule has 140 valence electrons. The zero-order chi connectivity index (χ0) is 18.6. The van der Waals surface area contributed by atoms with Gasteiger partial charge in [0, 0.05) is 6.54 Å². The first kappa shape index (κ1) is 17.6. The zero-order valence-corrected chi connectivity index (χ0v) is 15.9. The molecule has 0 aliphatic carbocycles. The molecular weight excluding hydrogens is 362 g/mol. The predicted molar refractivity (Wildman–Crippen MR) is 105 cm³/mol. The van der Waals surface area contributed by atoms with Crippen molar-refractivity contribution in [3.8, 4) is 11.5 Å². The van der Waals surface area contributed by atoms with Gasteiger partial charge in [0.15, 0.2) is 17.6 Å². The van der Waals surface area contributed by atoms with E-state index < -0.39 is 0 Å². The van der Waals surface area contributed by atoms with Crippen molar-refractivity contribution < 1.29 is 14.3 Å². The van der Waals surface area contributed by atoms with Crippen molar-refractivity contribution in [2.75, 3.05) is 19.7 Å². The molecule has 2 amide bonds. The summed E-state index contributed by atoms with van der Waals surface area (Å²) in [6, 6.07) is 15.4. The lowest BCUT2D eigenvalue weighted by atomic mass is 10.2. The second kappa shape index (κ2) is 7.84. The average Bonchev–Trinajstić information content (AvgIpc) is 3.13. The van der Waals surface area contributed by atoms with E-state index in [-0.39, 0.29) is 12.1 Å². The number of amides is 2. The first-order valence-corrected chi connectivity index (χ1v) is 9.80. The van der Waals surface area contributed by atoms with Crippen LogP contribution in [0.15, 0.2) is 48.5 Å². The normalized spacial score (nSPS) is 15.5. The van der Waals surface area contributed by atoms with Crippen molar-refractivity contribution in [3.05, 3.63) is 53.5 Å². The Hall–Kier alpha value is -2.80. The summed E-state index contributed by atoms with van der Waals surface area (Å²) in [5.74, 6) is 1.47. The van der Waals surface area contributed by atoms with E-state index in [4.69, 9.17) is 9.47 Å². The van der Waals surface area contributed by atoms with Gasteiger partial charge in [-0.25, -0.2) is 9.78 Å². The smallest absolute Gasteiger partial charge is 0.317 e. The van der Waals surface area contributed by atoms with E-state index in [1.807, 2.05) is 55.5 Å². The van der Waals surface area contributed by atoms with Gasteiger partial charge >= 0.3 is 6.03 Å². The van der Waals surface area contributed by atoms with Gasteiger partial charge in [0.05, 0.1) is 23.3 Å². The Morgan fingerprint density at radius 3 is 2.81 bits per heavy atom. The van der Waals surface area contributed by atoms with E-state index in [0.29, 0.717) is 26.2 Å². The lowest BCUT2D eigenvalue weighted by Gasteiger charge is -2.30. The number of aromatic nitrogens is 1. The van der Waals surface area contributed by atoms with Gasteiger partial charge in [-0.05, 0) is 31.2 Å².